The van der Waals surface area contributed by atoms with Gasteiger partial charge in [0.2, 0.25) is 23.6 Å². The third kappa shape index (κ3) is 38.1. The molecule has 3 fully saturated rings. The molecular formula is C70H125N5O26. The molecule has 0 aromatic heterocycles. The molecule has 586 valence electrons. The fraction of sp³-hybridized carbons (Fsp3) is 0.886. The highest BCUT2D eigenvalue weighted by Gasteiger charge is 2.47. The molecule has 101 heavy (non-hydrogen) atoms. The third-order valence-electron chi connectivity index (χ3n) is 18.4. The second-order valence-electron chi connectivity index (χ2n) is 27.3. The van der Waals surface area contributed by atoms with Gasteiger partial charge in [-0.3, -0.25) is 33.6 Å². The van der Waals surface area contributed by atoms with Crippen LogP contribution in [0, 0.1) is 11.3 Å². The molecule has 3 rings (SSSR count). The van der Waals surface area contributed by atoms with Crippen molar-refractivity contribution >= 4 is 47.4 Å². The van der Waals surface area contributed by atoms with Crippen LogP contribution in [0.1, 0.15) is 220 Å². The van der Waals surface area contributed by atoms with Crippen LogP contribution in [0.2, 0.25) is 0 Å². The van der Waals surface area contributed by atoms with Crippen LogP contribution in [0.25, 0.3) is 0 Å². The van der Waals surface area contributed by atoms with E-state index in [0.29, 0.717) is 96.7 Å². The van der Waals surface area contributed by atoms with Crippen molar-refractivity contribution in [2.24, 2.45) is 11.3 Å². The number of alkyl carbamates (subject to hydrolysis) is 1. The Bertz CT molecular complexity index is 2220. The first-order valence-corrected chi connectivity index (χ1v) is 37.0. The number of carbonyl (C=O) groups is 8. The van der Waals surface area contributed by atoms with Crippen LogP contribution in [0.15, 0.2) is 0 Å². The topological polar surface area (TPSA) is 462 Å². The summed E-state index contributed by atoms with van der Waals surface area (Å²) in [5.41, 5.74) is -0.232. The van der Waals surface area contributed by atoms with Crippen molar-refractivity contribution in [2.45, 2.75) is 306 Å². The lowest BCUT2D eigenvalue weighted by Crippen LogP contribution is -2.64. The van der Waals surface area contributed by atoms with E-state index in [0.717, 1.165) is 89.9 Å². The lowest BCUT2D eigenvalue weighted by molar-refractivity contribution is -0.282. The number of esters is 2. The summed E-state index contributed by atoms with van der Waals surface area (Å²) in [6.07, 6.45) is 4.20. The maximum atomic E-state index is 12.7. The molecular weight excluding hydrogens is 1330 g/mol. The Hall–Kier alpha value is -4.84. The van der Waals surface area contributed by atoms with Crippen LogP contribution < -0.4 is 26.6 Å². The van der Waals surface area contributed by atoms with Gasteiger partial charge >= 0.3 is 18.0 Å². The zero-order valence-corrected chi connectivity index (χ0v) is 60.3. The van der Waals surface area contributed by atoms with Gasteiger partial charge in [-0.2, -0.15) is 0 Å². The van der Waals surface area contributed by atoms with Crippen molar-refractivity contribution < 1.29 is 127 Å². The summed E-state index contributed by atoms with van der Waals surface area (Å²) < 4.78 is 50.5. The Labute approximate surface area is 595 Å². The van der Waals surface area contributed by atoms with Crippen molar-refractivity contribution in [1.82, 2.24) is 26.6 Å². The fourth-order valence-corrected chi connectivity index (χ4v) is 12.3. The number of hydrogen-bond donors (Lipinski definition) is 14. The summed E-state index contributed by atoms with van der Waals surface area (Å²) in [6, 6.07) is -2.11. The highest BCUT2D eigenvalue weighted by Crippen LogP contribution is 2.35. The maximum absolute atomic E-state index is 12.7. The monoisotopic (exact) mass is 1450 g/mol. The number of carbonyl (C=O) groups excluding carboxylic acids is 8. The number of nitrogens with one attached hydrogen (secondary N) is 5. The van der Waals surface area contributed by atoms with Gasteiger partial charge in [-0.15, -0.1) is 0 Å². The minimum Gasteiger partial charge on any atom is -0.466 e. The van der Waals surface area contributed by atoms with E-state index in [9.17, 15) is 84.3 Å². The molecule has 0 aromatic carbocycles. The number of hydrogen-bond acceptors (Lipinski definition) is 26. The second-order valence-corrected chi connectivity index (χ2v) is 27.3. The zero-order valence-electron chi connectivity index (χ0n) is 60.3. The SMILES string of the molecule is CC(=O)NC1C(OCCCC(=O)CCCCCCCNC(=O)OCCCC(C)(CCCOC(=O)CCCCCCCNC(=O)CCCOC2OC(CO)C(O)C(O)C2C)CCCOC(=O)CCCCCCCNC(=O)CCCOC2OC(CO)C(O)C(O)C2NC(C)=O)OC(CO)C(O)C1O. The molecule has 0 spiro atoms. The van der Waals surface area contributed by atoms with Gasteiger partial charge in [0.05, 0.1) is 65.6 Å². The quantitative estimate of drug-likeness (QED) is 0.0236. The van der Waals surface area contributed by atoms with Gasteiger partial charge < -0.3 is 115 Å². The standard InChI is InChI=1S/C70H125N5O26/c1-47-60(86)61(87)51(44-76)99-66(47)95-39-21-28-54(82)71-35-17-11-6-9-15-30-56(84)93-41-23-32-70(4,33-24-42-94-57(85)31-16-10-7-12-18-36-72-55(83)29-22-40-97-68-59(75-49(3)80)65(91)63(89)53(46-78)101-68)34-25-43-98-69(92)73-37-19-13-5-8-14-26-50(81)27-20-38-96-67-58(74-48(2)79)64(90)62(88)52(45-77)100-67/h47,51-53,58-68,76-78,86-91H,5-46H2,1-4H3,(H,71,82)(H,72,83)(H,73,92)(H,74,79)(H,75,80). The number of ether oxygens (including phenoxy) is 9. The van der Waals surface area contributed by atoms with E-state index in [2.05, 4.69) is 33.5 Å². The summed E-state index contributed by atoms with van der Waals surface area (Å²) in [6.45, 7) is 7.28. The first kappa shape index (κ1) is 90.4. The van der Waals surface area contributed by atoms with Gasteiger partial charge in [0, 0.05) is 77.9 Å². The highest BCUT2D eigenvalue weighted by molar-refractivity contribution is 5.78. The van der Waals surface area contributed by atoms with Crippen LogP contribution >= 0.6 is 0 Å². The molecule has 3 aliphatic heterocycles. The van der Waals surface area contributed by atoms with Crippen LogP contribution in [0.4, 0.5) is 4.79 Å². The molecule has 0 bridgehead atoms. The largest absolute Gasteiger partial charge is 0.466 e. The maximum Gasteiger partial charge on any atom is 0.407 e. The van der Waals surface area contributed by atoms with Gasteiger partial charge in [0.1, 0.15) is 66.7 Å². The summed E-state index contributed by atoms with van der Waals surface area (Å²) in [5, 5.41) is 104. The van der Waals surface area contributed by atoms with E-state index in [1.54, 1.807) is 6.92 Å². The molecule has 0 radical (unpaired) electrons. The first-order chi connectivity index (χ1) is 48.4. The Kier molecular flexibility index (Phi) is 47.4. The molecule has 16 unspecified atom stereocenters. The average Bonchev–Trinajstić information content (AvgIpc) is 0.823. The van der Waals surface area contributed by atoms with Crippen molar-refractivity contribution in [1.29, 1.82) is 0 Å². The van der Waals surface area contributed by atoms with E-state index in [1.165, 1.54) is 13.8 Å². The lowest BCUT2D eigenvalue weighted by atomic mass is 9.77. The molecule has 0 aromatic rings. The number of ketones is 1. The summed E-state index contributed by atoms with van der Waals surface area (Å²) in [4.78, 5) is 98.6. The summed E-state index contributed by atoms with van der Waals surface area (Å²) in [5.74, 6) is -2.17. The van der Waals surface area contributed by atoms with Gasteiger partial charge in [0.15, 0.2) is 18.9 Å². The second kappa shape index (κ2) is 53.0. The van der Waals surface area contributed by atoms with E-state index < -0.39 is 130 Å². The van der Waals surface area contributed by atoms with Gasteiger partial charge in [-0.05, 0) is 102 Å². The molecule has 5 amide bonds. The number of Topliss-reactive ketones (excluding diaryl/α,β-unsaturated/α-hetero) is 1. The first-order valence-electron chi connectivity index (χ1n) is 37.0. The van der Waals surface area contributed by atoms with Crippen molar-refractivity contribution in [2.75, 3.05) is 79.1 Å². The average molecular weight is 1450 g/mol. The molecule has 3 saturated heterocycles. The normalized spacial score (nSPS) is 25.7. The molecule has 14 N–H and O–H groups in total. The van der Waals surface area contributed by atoms with Gasteiger partial charge in [-0.1, -0.05) is 71.6 Å². The molecule has 3 aliphatic rings. The van der Waals surface area contributed by atoms with Crippen LogP contribution in [-0.4, -0.2) is 258 Å². The van der Waals surface area contributed by atoms with Crippen molar-refractivity contribution in [3.05, 3.63) is 0 Å². The molecule has 0 aliphatic carbocycles. The molecule has 31 nitrogen and oxygen atoms in total. The fourth-order valence-electron chi connectivity index (χ4n) is 12.3. The van der Waals surface area contributed by atoms with Gasteiger partial charge in [0.25, 0.3) is 0 Å². The summed E-state index contributed by atoms with van der Waals surface area (Å²) in [7, 11) is 0. The summed E-state index contributed by atoms with van der Waals surface area (Å²) >= 11 is 0. The minimum atomic E-state index is -1.42. The molecule has 31 heteroatoms. The predicted octanol–water partition coefficient (Wildman–Crippen LogP) is 2.32. The van der Waals surface area contributed by atoms with E-state index in [-0.39, 0.29) is 100 Å². The Morgan fingerprint density at radius 2 is 0.713 bits per heavy atom. The van der Waals surface area contributed by atoms with Crippen LogP contribution in [-0.2, 0) is 76.2 Å². The molecule has 16 atom stereocenters. The zero-order chi connectivity index (χ0) is 74.4. The van der Waals surface area contributed by atoms with E-state index in [4.69, 9.17) is 42.6 Å². The van der Waals surface area contributed by atoms with Gasteiger partial charge in [-0.25, -0.2) is 4.79 Å². The van der Waals surface area contributed by atoms with Crippen LogP contribution in [0.5, 0.6) is 0 Å². The third-order valence-corrected chi connectivity index (χ3v) is 18.4. The predicted molar refractivity (Wildman–Crippen MR) is 364 cm³/mol. The molecule has 3 heterocycles. The van der Waals surface area contributed by atoms with E-state index >= 15 is 0 Å². The highest BCUT2D eigenvalue weighted by atomic mass is 16.7. The smallest absolute Gasteiger partial charge is 0.407 e. The number of amides is 5. The minimum absolute atomic E-state index is 0.0689. The van der Waals surface area contributed by atoms with E-state index in [1.807, 2.05) is 0 Å². The Morgan fingerprint density at radius 1 is 0.376 bits per heavy atom. The van der Waals surface area contributed by atoms with Crippen molar-refractivity contribution in [3.63, 3.8) is 0 Å². The lowest BCUT2D eigenvalue weighted by Gasteiger charge is -2.42. The Balaban J connectivity index is 1.29. The number of unbranched alkanes of at least 4 members (excludes halogenated alkanes) is 12. The Morgan fingerprint density at radius 3 is 1.13 bits per heavy atom. The van der Waals surface area contributed by atoms with Crippen LogP contribution in [0.3, 0.4) is 0 Å². The number of aliphatic hydroxyl groups excluding tert-OH is 9. The number of aliphatic hydroxyl groups is 9. The molecule has 0 saturated carbocycles. The number of rotatable bonds is 56. The van der Waals surface area contributed by atoms with Crippen molar-refractivity contribution in [3.8, 4) is 0 Å².